The smallest absolute Gasteiger partial charge is 0.165 e. The third kappa shape index (κ3) is 9.59. The SMILES string of the molecule is CC.CC.CCc1ccc(OCCOc2ccc3c4c2O[C@H]2[C@H](OC)C([C@@H](C)C(C)(C)C)CC([C@H](NCC5CC5)C3)[C@@]42CC)c2c1[C@]1(CC)C(CNCC3CC3)C[C@](C)([C@@H](C)C(C)(C)C)[C@@H](OC)[C@@H]1O2. The summed E-state index contributed by atoms with van der Waals surface area (Å²) < 4.78 is 41.8. The van der Waals surface area contributed by atoms with E-state index < -0.39 is 0 Å². The molecule has 4 saturated carbocycles. The fraction of sp³-hybridized carbons (Fsp3) is 0.806. The fourth-order valence-corrected chi connectivity index (χ4v) is 15.1. The molecule has 0 spiro atoms. The van der Waals surface area contributed by atoms with Gasteiger partial charge in [-0.1, -0.05) is 123 Å². The van der Waals surface area contributed by atoms with E-state index in [1.807, 2.05) is 41.9 Å². The van der Waals surface area contributed by atoms with Gasteiger partial charge in [0, 0.05) is 47.6 Å². The molecule has 2 aliphatic heterocycles. The normalized spacial score (nSPS) is 33.5. The first-order chi connectivity index (χ1) is 33.4. The van der Waals surface area contributed by atoms with Gasteiger partial charge >= 0.3 is 0 Å². The molecule has 8 nitrogen and oxygen atoms in total. The molecule has 3 unspecified atom stereocenters. The van der Waals surface area contributed by atoms with Crippen molar-refractivity contribution in [1.82, 2.24) is 10.6 Å². The first kappa shape index (κ1) is 55.2. The molecule has 9 rings (SSSR count). The van der Waals surface area contributed by atoms with Crippen molar-refractivity contribution in [3.8, 4) is 23.0 Å². The molecule has 2 heterocycles. The number of nitrogens with one attached hydrogen (secondary N) is 2. The molecule has 13 atom stereocenters. The van der Waals surface area contributed by atoms with Crippen LogP contribution in [0.1, 0.15) is 184 Å². The lowest BCUT2D eigenvalue weighted by atomic mass is 9.48. The summed E-state index contributed by atoms with van der Waals surface area (Å²) in [6.07, 6.45) is 11.4. The van der Waals surface area contributed by atoms with Crippen LogP contribution in [0.5, 0.6) is 23.0 Å². The molecule has 2 N–H and O–H groups in total. The highest BCUT2D eigenvalue weighted by Gasteiger charge is 2.68. The maximum atomic E-state index is 7.45. The fourth-order valence-electron chi connectivity index (χ4n) is 15.1. The highest BCUT2D eigenvalue weighted by atomic mass is 16.6. The lowest BCUT2D eigenvalue weighted by Gasteiger charge is -2.59. The number of aryl methyl sites for hydroxylation is 1. The van der Waals surface area contributed by atoms with Crippen molar-refractivity contribution >= 4 is 0 Å². The van der Waals surface area contributed by atoms with Crippen LogP contribution in [0.2, 0.25) is 0 Å². The van der Waals surface area contributed by atoms with Crippen molar-refractivity contribution in [1.29, 1.82) is 0 Å². The van der Waals surface area contributed by atoms with Crippen LogP contribution in [-0.2, 0) is 33.1 Å². The van der Waals surface area contributed by atoms with Gasteiger partial charge in [-0.2, -0.15) is 0 Å². The van der Waals surface area contributed by atoms with Gasteiger partial charge in [-0.05, 0) is 159 Å². The maximum absolute atomic E-state index is 7.45. The van der Waals surface area contributed by atoms with Gasteiger partial charge in [-0.3, -0.25) is 0 Å². The summed E-state index contributed by atoms with van der Waals surface area (Å²) in [5.74, 6) is 7.30. The Hall–Kier alpha value is -2.52. The lowest BCUT2D eigenvalue weighted by Crippen LogP contribution is -2.65. The molecule has 2 aromatic carbocycles. The van der Waals surface area contributed by atoms with Crippen molar-refractivity contribution in [3.63, 3.8) is 0 Å². The second kappa shape index (κ2) is 21.7. The number of rotatable bonds is 19. The predicted octanol–water partition coefficient (Wildman–Crippen LogP) is 13.6. The molecule has 5 aliphatic carbocycles. The van der Waals surface area contributed by atoms with Crippen LogP contribution in [0, 0.1) is 57.7 Å². The average molecular weight is 972 g/mol. The van der Waals surface area contributed by atoms with Gasteiger partial charge < -0.3 is 39.1 Å². The molecular weight excluding hydrogens is 869 g/mol. The number of hydrogen-bond acceptors (Lipinski definition) is 8. The summed E-state index contributed by atoms with van der Waals surface area (Å²) in [5.41, 5.74) is 5.39. The van der Waals surface area contributed by atoms with Crippen LogP contribution in [0.15, 0.2) is 24.3 Å². The maximum Gasteiger partial charge on any atom is 0.165 e. The van der Waals surface area contributed by atoms with Crippen molar-refractivity contribution in [2.24, 2.45) is 57.7 Å². The van der Waals surface area contributed by atoms with Crippen LogP contribution in [0.25, 0.3) is 0 Å². The third-order valence-electron chi connectivity index (χ3n) is 19.9. The van der Waals surface area contributed by atoms with Crippen molar-refractivity contribution in [3.05, 3.63) is 46.5 Å². The van der Waals surface area contributed by atoms with Gasteiger partial charge in [0.1, 0.15) is 31.5 Å². The summed E-state index contributed by atoms with van der Waals surface area (Å²) in [5, 5.41) is 8.14. The summed E-state index contributed by atoms with van der Waals surface area (Å²) in [7, 11) is 3.84. The molecule has 0 bridgehead atoms. The molecule has 2 aromatic rings. The molecule has 0 aromatic heterocycles. The highest BCUT2D eigenvalue weighted by molar-refractivity contribution is 5.62. The van der Waals surface area contributed by atoms with Crippen molar-refractivity contribution in [2.75, 3.05) is 47.1 Å². The standard InChI is InChI=1S/C58H90N2O6.2C2H6/c1-15-38-22-24-44(49-46(38)57(16-2)40(33-59-31-36-18-19-36)30-56(12,35(5)55(9,10)11)52(62-14)53(57)66-49)63-26-27-64-45-25-23-39-28-43(60-32-37-20-21-37)42-29-41(34(4)54(6,7)8)48(61-13)51-58(42,17-3)47(39)50(45)65-51;2*1-2/h22-25,34-37,40-43,48,51-53,59-60H,15-21,26-33H2,1-14H3;2*1-2H3/t34-,35+,40?,41?,42?,43-,48-,51+,52+,53+,56-,57+,58+;;/m1../s1. The van der Waals surface area contributed by atoms with Crippen molar-refractivity contribution < 1.29 is 28.4 Å². The molecule has 0 saturated heterocycles. The Kier molecular flexibility index (Phi) is 17.2. The minimum Gasteiger partial charge on any atom is -0.486 e. The Balaban J connectivity index is 0.00000176. The number of fused-ring (bicyclic) bond motifs is 3. The summed E-state index contributed by atoms with van der Waals surface area (Å²) in [4.78, 5) is 0. The summed E-state index contributed by atoms with van der Waals surface area (Å²) in [6, 6.07) is 9.41. The lowest BCUT2D eigenvalue weighted by molar-refractivity contribution is -0.173. The van der Waals surface area contributed by atoms with Crippen LogP contribution >= 0.6 is 0 Å². The number of hydrogen-bond donors (Lipinski definition) is 2. The number of ether oxygens (including phenoxy) is 6. The quantitative estimate of drug-likeness (QED) is 0.135. The molecule has 8 heteroatoms. The van der Waals surface area contributed by atoms with Crippen LogP contribution in [0.4, 0.5) is 0 Å². The van der Waals surface area contributed by atoms with Crippen LogP contribution in [0.3, 0.4) is 0 Å². The molecule has 70 heavy (non-hydrogen) atoms. The van der Waals surface area contributed by atoms with Gasteiger partial charge in [0.15, 0.2) is 23.0 Å². The van der Waals surface area contributed by atoms with Crippen LogP contribution < -0.4 is 29.6 Å². The number of methoxy groups -OCH3 is 2. The zero-order chi connectivity index (χ0) is 51.1. The first-order valence-corrected chi connectivity index (χ1v) is 28.8. The molecule has 7 aliphatic rings. The Labute approximate surface area is 427 Å². The van der Waals surface area contributed by atoms with E-state index in [2.05, 4.69) is 118 Å². The Bertz CT molecular complexity index is 2050. The molecule has 0 radical (unpaired) electrons. The second-order valence-electron chi connectivity index (χ2n) is 25.0. The zero-order valence-electron chi connectivity index (χ0n) is 47.8. The largest absolute Gasteiger partial charge is 0.486 e. The average Bonchev–Trinajstić information content (AvgIpc) is 4.29. The van der Waals surface area contributed by atoms with E-state index in [0.29, 0.717) is 48.8 Å². The Morgan fingerprint density at radius 2 is 1.30 bits per heavy atom. The summed E-state index contributed by atoms with van der Waals surface area (Å²) in [6.45, 7) is 40.8. The minimum atomic E-state index is -0.199. The van der Waals surface area contributed by atoms with E-state index in [0.717, 1.165) is 93.0 Å². The molecule has 0 amide bonds. The zero-order valence-corrected chi connectivity index (χ0v) is 47.8. The number of benzene rings is 2. The predicted molar refractivity (Wildman–Crippen MR) is 289 cm³/mol. The minimum absolute atomic E-state index is 0.00170. The molecule has 4 fully saturated rings. The van der Waals surface area contributed by atoms with E-state index in [1.54, 1.807) is 0 Å². The first-order valence-electron chi connectivity index (χ1n) is 28.8. The summed E-state index contributed by atoms with van der Waals surface area (Å²) >= 11 is 0. The van der Waals surface area contributed by atoms with Gasteiger partial charge in [-0.15, -0.1) is 0 Å². The monoisotopic (exact) mass is 971 g/mol. The van der Waals surface area contributed by atoms with E-state index >= 15 is 0 Å². The van der Waals surface area contributed by atoms with E-state index in [1.165, 1.54) is 47.9 Å². The highest BCUT2D eigenvalue weighted by Crippen LogP contribution is 2.66. The van der Waals surface area contributed by atoms with Crippen molar-refractivity contribution in [2.45, 2.75) is 216 Å². The van der Waals surface area contributed by atoms with Crippen LogP contribution in [-0.4, -0.2) is 77.5 Å². The Morgan fingerprint density at radius 3 is 1.84 bits per heavy atom. The Morgan fingerprint density at radius 1 is 0.714 bits per heavy atom. The molecule has 396 valence electrons. The second-order valence-corrected chi connectivity index (χ2v) is 25.0. The van der Waals surface area contributed by atoms with E-state index in [9.17, 15) is 0 Å². The topological polar surface area (TPSA) is 79.4 Å². The van der Waals surface area contributed by atoms with Gasteiger partial charge in [0.25, 0.3) is 0 Å². The third-order valence-corrected chi connectivity index (χ3v) is 19.9. The van der Waals surface area contributed by atoms with Gasteiger partial charge in [0.2, 0.25) is 0 Å². The van der Waals surface area contributed by atoms with E-state index in [4.69, 9.17) is 28.4 Å². The van der Waals surface area contributed by atoms with E-state index in [-0.39, 0.29) is 51.5 Å². The molecular formula is C62H102N2O6. The van der Waals surface area contributed by atoms with Gasteiger partial charge in [0.05, 0.1) is 6.10 Å². The van der Waals surface area contributed by atoms with Gasteiger partial charge in [-0.25, -0.2) is 0 Å².